The number of rotatable bonds is 11. The standard InChI is InChI=1S/C118H72N6/c1-4-27-73(28-5-1)78-33-22-36-84(65-78)106-71-107(121-116(120-106)86-38-24-35-80(67-86)81-60-63-99-95(68-81)89-41-13-16-47-98(89)117(99)100-48-17-20-53-111(100)123-109-52-19-14-43-92(109)93-44-25-50-102(117)113(93)123)85-37-23-34-79(66-85)82-61-64-110-96(69-82)94-45-26-51-103-114(94)124(110)112-54-21-18-49-101(112)118(103)97-46-15-12-40-88(97)90-62-59-83(70-104(90)118)74-55-57-77(58-56-74)115-119-105(76-31-8-3-9-32-76)72-108(122-115)91-42-11-10-39-87(91)75-29-6-2-7-30-75/h1-72H. The van der Waals surface area contributed by atoms with E-state index in [0.717, 1.165) is 117 Å². The summed E-state index contributed by atoms with van der Waals surface area (Å²) >= 11 is 0. The van der Waals surface area contributed by atoms with Crippen LogP contribution in [0.25, 0.3) is 201 Å². The summed E-state index contributed by atoms with van der Waals surface area (Å²) in [4.78, 5) is 21.9. The molecule has 0 fully saturated rings. The van der Waals surface area contributed by atoms with Gasteiger partial charge < -0.3 is 9.13 Å². The largest absolute Gasteiger partial charge is 0.309 e. The first-order chi connectivity index (χ1) is 61.5. The fraction of sp³-hybridized carbons (Fsp3) is 0.0169. The highest BCUT2D eigenvalue weighted by atomic mass is 15.0. The highest BCUT2D eigenvalue weighted by Gasteiger charge is 2.53. The van der Waals surface area contributed by atoms with E-state index in [4.69, 9.17) is 19.9 Å². The topological polar surface area (TPSA) is 61.4 Å². The lowest BCUT2D eigenvalue weighted by molar-refractivity contribution is 0.748. The zero-order valence-electron chi connectivity index (χ0n) is 67.3. The van der Waals surface area contributed by atoms with Crippen LogP contribution in [0.4, 0.5) is 0 Å². The molecule has 26 rings (SSSR count). The molecule has 18 aromatic carbocycles. The van der Waals surface area contributed by atoms with Crippen LogP contribution in [0.3, 0.4) is 0 Å². The molecule has 22 aromatic rings. The average Bonchev–Trinajstić information content (AvgIpc) is 1.49. The number of hydrogen-bond donors (Lipinski definition) is 0. The van der Waals surface area contributed by atoms with Crippen LogP contribution in [0.1, 0.15) is 44.5 Å². The maximum absolute atomic E-state index is 5.63. The van der Waals surface area contributed by atoms with Crippen LogP contribution in [-0.2, 0) is 10.8 Å². The van der Waals surface area contributed by atoms with Crippen molar-refractivity contribution in [2.45, 2.75) is 10.8 Å². The molecular formula is C118H72N6. The van der Waals surface area contributed by atoms with E-state index in [0.29, 0.717) is 11.6 Å². The summed E-state index contributed by atoms with van der Waals surface area (Å²) in [5.74, 6) is 1.32. The third-order valence-electron chi connectivity index (χ3n) is 27.0. The lowest BCUT2D eigenvalue weighted by Crippen LogP contribution is -2.33. The van der Waals surface area contributed by atoms with Crippen LogP contribution < -0.4 is 0 Å². The molecule has 0 bridgehead atoms. The molecule has 0 radical (unpaired) electrons. The number of fused-ring (bicyclic) bond motifs is 24. The average molecular weight is 1570 g/mol. The van der Waals surface area contributed by atoms with Gasteiger partial charge in [-0.25, -0.2) is 19.9 Å². The van der Waals surface area contributed by atoms with Crippen molar-refractivity contribution in [3.8, 4) is 157 Å². The Kier molecular flexibility index (Phi) is 15.2. The molecule has 0 amide bonds. The predicted octanol–water partition coefficient (Wildman–Crippen LogP) is 29.2. The Morgan fingerprint density at radius 1 is 0.161 bits per heavy atom. The Bertz CT molecular complexity index is 8240. The summed E-state index contributed by atoms with van der Waals surface area (Å²) in [5, 5.41) is 4.94. The Morgan fingerprint density at radius 2 is 0.524 bits per heavy atom. The number of aromatic nitrogens is 6. The minimum Gasteiger partial charge on any atom is -0.309 e. The normalized spacial score (nSPS) is 14.7. The molecular weight excluding hydrogens is 1500 g/mol. The molecule has 0 saturated heterocycles. The molecule has 6 nitrogen and oxygen atoms in total. The van der Waals surface area contributed by atoms with Gasteiger partial charge >= 0.3 is 0 Å². The van der Waals surface area contributed by atoms with Crippen molar-refractivity contribution in [3.05, 3.63) is 481 Å². The second-order valence-corrected chi connectivity index (χ2v) is 33.4. The van der Waals surface area contributed by atoms with E-state index < -0.39 is 10.8 Å². The quantitative estimate of drug-likeness (QED) is 0.129. The Morgan fingerprint density at radius 3 is 1.18 bits per heavy atom. The molecule has 2 aliphatic carbocycles. The first kappa shape index (κ1) is 69.6. The third-order valence-corrected chi connectivity index (χ3v) is 27.0. The van der Waals surface area contributed by atoms with E-state index in [1.54, 1.807) is 0 Å². The van der Waals surface area contributed by atoms with Gasteiger partial charge in [-0.15, -0.1) is 0 Å². The smallest absolute Gasteiger partial charge is 0.160 e. The highest BCUT2D eigenvalue weighted by molar-refractivity contribution is 6.15. The zero-order chi connectivity index (χ0) is 81.3. The molecule has 2 unspecified atom stereocenters. The molecule has 2 aliphatic heterocycles. The summed E-state index contributed by atoms with van der Waals surface area (Å²) in [5.41, 5.74) is 41.9. The number of para-hydroxylation sites is 5. The van der Waals surface area contributed by atoms with E-state index >= 15 is 0 Å². The van der Waals surface area contributed by atoms with E-state index in [-0.39, 0.29) is 0 Å². The van der Waals surface area contributed by atoms with Crippen molar-refractivity contribution < 1.29 is 0 Å². The van der Waals surface area contributed by atoms with E-state index in [9.17, 15) is 0 Å². The monoisotopic (exact) mass is 1570 g/mol. The zero-order valence-corrected chi connectivity index (χ0v) is 67.3. The minimum absolute atomic E-state index is 0.545. The fourth-order valence-corrected chi connectivity index (χ4v) is 21.6. The molecule has 4 aliphatic rings. The summed E-state index contributed by atoms with van der Waals surface area (Å²) in [6.45, 7) is 0. The van der Waals surface area contributed by atoms with Gasteiger partial charge in [-0.05, 0) is 195 Å². The van der Waals surface area contributed by atoms with Gasteiger partial charge in [0.1, 0.15) is 0 Å². The Labute approximate surface area is 717 Å². The van der Waals surface area contributed by atoms with Gasteiger partial charge in [-0.3, -0.25) is 0 Å². The molecule has 574 valence electrons. The molecule has 124 heavy (non-hydrogen) atoms. The van der Waals surface area contributed by atoms with Gasteiger partial charge in [0.15, 0.2) is 11.6 Å². The second kappa shape index (κ2) is 27.1. The third kappa shape index (κ3) is 10.2. The van der Waals surface area contributed by atoms with Crippen molar-refractivity contribution in [1.82, 2.24) is 29.1 Å². The summed E-state index contributed by atoms with van der Waals surface area (Å²) in [7, 11) is 0. The molecule has 0 saturated carbocycles. The highest BCUT2D eigenvalue weighted by Crippen LogP contribution is 2.64. The summed E-state index contributed by atoms with van der Waals surface area (Å²) in [6.07, 6.45) is 0. The maximum Gasteiger partial charge on any atom is 0.160 e. The van der Waals surface area contributed by atoms with Crippen LogP contribution >= 0.6 is 0 Å². The van der Waals surface area contributed by atoms with Gasteiger partial charge in [-0.2, -0.15) is 0 Å². The van der Waals surface area contributed by atoms with Gasteiger partial charge in [-0.1, -0.05) is 364 Å². The lowest BCUT2D eigenvalue weighted by Gasteiger charge is -2.39. The van der Waals surface area contributed by atoms with Gasteiger partial charge in [0.05, 0.1) is 67.0 Å². The van der Waals surface area contributed by atoms with Crippen LogP contribution in [-0.4, -0.2) is 29.1 Å². The van der Waals surface area contributed by atoms with Crippen LogP contribution in [0.15, 0.2) is 437 Å². The second-order valence-electron chi connectivity index (χ2n) is 33.4. The molecule has 6 heteroatoms. The maximum atomic E-state index is 5.63. The molecule has 0 N–H and O–H groups in total. The molecule has 6 heterocycles. The van der Waals surface area contributed by atoms with E-state index in [2.05, 4.69) is 446 Å². The van der Waals surface area contributed by atoms with Gasteiger partial charge in [0.2, 0.25) is 0 Å². The Hall–Kier alpha value is -16.3. The van der Waals surface area contributed by atoms with E-state index in [1.807, 2.05) is 0 Å². The van der Waals surface area contributed by atoms with Crippen LogP contribution in [0, 0.1) is 0 Å². The van der Waals surface area contributed by atoms with Gasteiger partial charge in [0.25, 0.3) is 0 Å². The summed E-state index contributed by atoms with van der Waals surface area (Å²) < 4.78 is 5.06. The van der Waals surface area contributed by atoms with Crippen molar-refractivity contribution in [1.29, 1.82) is 0 Å². The first-order valence-corrected chi connectivity index (χ1v) is 42.7. The van der Waals surface area contributed by atoms with Crippen molar-refractivity contribution >= 4 is 43.6 Å². The minimum atomic E-state index is -0.653. The van der Waals surface area contributed by atoms with Crippen LogP contribution in [0.2, 0.25) is 0 Å². The van der Waals surface area contributed by atoms with Gasteiger partial charge in [0, 0.05) is 54.9 Å². The SMILES string of the molecule is c1ccc(-c2cccc(-c3cc(-c4cccc(-c5ccc6c(c5)c5cccc7c5n6-c5ccccc5C75c6ccccc6-c6ccc(-c7ccc(-c8nc(-c9ccccc9)cc(-c9ccccc9-c9ccccc9)n8)cc7)cc65)c4)nc(-c4cccc(-c5ccc6c(c5)-c5ccccc5C65c6ccccc6-n6c7ccccc7c7cccc5c76)c4)n3)c2)cc1. The Balaban J connectivity index is 0.575. The summed E-state index contributed by atoms with van der Waals surface area (Å²) in [6, 6.07) is 161. The number of benzene rings is 18. The van der Waals surface area contributed by atoms with Crippen molar-refractivity contribution in [3.63, 3.8) is 0 Å². The van der Waals surface area contributed by atoms with Crippen molar-refractivity contribution in [2.24, 2.45) is 0 Å². The number of hydrogen-bond acceptors (Lipinski definition) is 4. The van der Waals surface area contributed by atoms with E-state index in [1.165, 1.54) is 116 Å². The molecule has 2 spiro atoms. The lowest BCUT2D eigenvalue weighted by atomic mass is 9.65. The van der Waals surface area contributed by atoms with Crippen LogP contribution in [0.5, 0.6) is 0 Å². The first-order valence-electron chi connectivity index (χ1n) is 42.7. The molecule has 4 aromatic heterocycles. The van der Waals surface area contributed by atoms with Crippen molar-refractivity contribution in [2.75, 3.05) is 0 Å². The fourth-order valence-electron chi connectivity index (χ4n) is 21.6. The molecule has 2 atom stereocenters. The predicted molar refractivity (Wildman–Crippen MR) is 508 cm³/mol. The number of nitrogens with zero attached hydrogens (tertiary/aromatic N) is 6.